The summed E-state index contributed by atoms with van der Waals surface area (Å²) in [5.74, 6) is 0. The molecule has 0 heterocycles. The fourth-order valence-corrected chi connectivity index (χ4v) is 2.00. The molecule has 0 aromatic rings. The van der Waals surface area contributed by atoms with Crippen molar-refractivity contribution in [2.24, 2.45) is 0 Å². The Kier molecular flexibility index (Phi) is 4.81. The molecule has 0 radical (unpaired) electrons. The van der Waals surface area contributed by atoms with Gasteiger partial charge in [-0.25, -0.2) is 0 Å². The average Bonchev–Trinajstić information content (AvgIpc) is 2.16. The van der Waals surface area contributed by atoms with E-state index >= 15 is 0 Å². The van der Waals surface area contributed by atoms with E-state index in [4.69, 9.17) is 10.2 Å². The summed E-state index contributed by atoms with van der Waals surface area (Å²) in [5, 5.41) is 30.9. The summed E-state index contributed by atoms with van der Waals surface area (Å²) in [6.07, 6.45) is 2.89. The van der Waals surface area contributed by atoms with Gasteiger partial charge in [0.15, 0.2) is 6.29 Å². The van der Waals surface area contributed by atoms with E-state index in [0.717, 1.165) is 25.7 Å². The van der Waals surface area contributed by atoms with Crippen LogP contribution < -0.4 is 5.32 Å². The van der Waals surface area contributed by atoms with Crippen molar-refractivity contribution in [1.82, 2.24) is 5.32 Å². The van der Waals surface area contributed by atoms with Crippen molar-refractivity contribution in [3.63, 3.8) is 0 Å². The second-order valence-corrected chi connectivity index (χ2v) is 4.05. The number of rotatable bonds is 4. The molecule has 3 unspecified atom stereocenters. The molecule has 0 aromatic carbocycles. The lowest BCUT2D eigenvalue weighted by Crippen LogP contribution is -2.51. The van der Waals surface area contributed by atoms with Crippen molar-refractivity contribution in [2.45, 2.75) is 63.5 Å². The Labute approximate surface area is 85.0 Å². The third-order valence-electron chi connectivity index (χ3n) is 2.96. The molecule has 0 spiro atoms. The lowest BCUT2D eigenvalue weighted by Gasteiger charge is -2.32. The standard InChI is InChI=1S/C10H21NO3/c1-2-7(10(13)14)11-8-5-3-4-6-9(8)12/h7-14H,2-6H2,1H3. The number of aliphatic hydroxyl groups excluding tert-OH is 2. The molecule has 4 nitrogen and oxygen atoms in total. The molecule has 1 rings (SSSR count). The third kappa shape index (κ3) is 3.20. The number of nitrogens with one attached hydrogen (secondary N) is 1. The number of aliphatic hydroxyl groups is 3. The van der Waals surface area contributed by atoms with Crippen molar-refractivity contribution < 1.29 is 15.3 Å². The first-order valence-corrected chi connectivity index (χ1v) is 5.45. The van der Waals surface area contributed by atoms with E-state index in [-0.39, 0.29) is 18.2 Å². The summed E-state index contributed by atoms with van der Waals surface area (Å²) in [6.45, 7) is 1.90. The predicted molar refractivity (Wildman–Crippen MR) is 53.7 cm³/mol. The van der Waals surface area contributed by atoms with Crippen LogP contribution in [0.25, 0.3) is 0 Å². The SMILES string of the molecule is CCC(NC1CCCCC1O)C(O)O. The van der Waals surface area contributed by atoms with Gasteiger partial charge in [-0.2, -0.15) is 0 Å². The van der Waals surface area contributed by atoms with E-state index in [9.17, 15) is 5.11 Å². The third-order valence-corrected chi connectivity index (χ3v) is 2.96. The van der Waals surface area contributed by atoms with Gasteiger partial charge < -0.3 is 20.6 Å². The van der Waals surface area contributed by atoms with Crippen LogP contribution in [0.3, 0.4) is 0 Å². The zero-order chi connectivity index (χ0) is 10.6. The minimum Gasteiger partial charge on any atom is -0.392 e. The lowest BCUT2D eigenvalue weighted by molar-refractivity contribution is -0.0750. The lowest BCUT2D eigenvalue weighted by atomic mass is 9.92. The van der Waals surface area contributed by atoms with Crippen LogP contribution in [0.15, 0.2) is 0 Å². The Hall–Kier alpha value is -0.160. The van der Waals surface area contributed by atoms with Crippen LogP contribution in [-0.4, -0.2) is 39.8 Å². The van der Waals surface area contributed by atoms with Crippen molar-refractivity contribution >= 4 is 0 Å². The quantitative estimate of drug-likeness (QED) is 0.484. The van der Waals surface area contributed by atoms with Gasteiger partial charge in [-0.3, -0.25) is 0 Å². The van der Waals surface area contributed by atoms with Crippen LogP contribution in [0.2, 0.25) is 0 Å². The van der Waals surface area contributed by atoms with Gasteiger partial charge in [0.05, 0.1) is 12.1 Å². The maximum absolute atomic E-state index is 9.67. The first-order valence-electron chi connectivity index (χ1n) is 5.45. The van der Waals surface area contributed by atoms with Gasteiger partial charge in [-0.1, -0.05) is 19.8 Å². The van der Waals surface area contributed by atoms with E-state index in [0.29, 0.717) is 6.42 Å². The van der Waals surface area contributed by atoms with E-state index in [2.05, 4.69) is 5.32 Å². The molecule has 4 N–H and O–H groups in total. The second-order valence-electron chi connectivity index (χ2n) is 4.05. The molecule has 4 heteroatoms. The first kappa shape index (κ1) is 11.9. The first-order chi connectivity index (χ1) is 6.65. The Balaban J connectivity index is 2.39. The average molecular weight is 203 g/mol. The van der Waals surface area contributed by atoms with Crippen molar-refractivity contribution in [1.29, 1.82) is 0 Å². The maximum Gasteiger partial charge on any atom is 0.167 e. The van der Waals surface area contributed by atoms with Crippen LogP contribution in [0.1, 0.15) is 39.0 Å². The van der Waals surface area contributed by atoms with E-state index in [1.54, 1.807) is 0 Å². The van der Waals surface area contributed by atoms with E-state index in [1.807, 2.05) is 6.92 Å². The molecule has 0 aliphatic heterocycles. The number of hydrogen-bond acceptors (Lipinski definition) is 4. The van der Waals surface area contributed by atoms with Gasteiger partial charge in [0, 0.05) is 6.04 Å². The topological polar surface area (TPSA) is 72.7 Å². The molecule has 14 heavy (non-hydrogen) atoms. The summed E-state index contributed by atoms with van der Waals surface area (Å²) in [5.41, 5.74) is 0. The minimum absolute atomic E-state index is 0.0236. The summed E-state index contributed by atoms with van der Waals surface area (Å²) < 4.78 is 0. The molecule has 0 amide bonds. The molecule has 0 saturated heterocycles. The second kappa shape index (κ2) is 5.66. The van der Waals surface area contributed by atoms with Gasteiger partial charge in [0.2, 0.25) is 0 Å². The smallest absolute Gasteiger partial charge is 0.167 e. The molecule has 1 fully saturated rings. The Morgan fingerprint density at radius 3 is 2.43 bits per heavy atom. The Morgan fingerprint density at radius 1 is 1.29 bits per heavy atom. The van der Waals surface area contributed by atoms with Gasteiger partial charge in [0.25, 0.3) is 0 Å². The van der Waals surface area contributed by atoms with Crippen LogP contribution >= 0.6 is 0 Å². The fraction of sp³-hybridized carbons (Fsp3) is 1.00. The van der Waals surface area contributed by atoms with Crippen molar-refractivity contribution in [3.05, 3.63) is 0 Å². The molecular formula is C10H21NO3. The molecule has 0 bridgehead atoms. The van der Waals surface area contributed by atoms with Crippen LogP contribution in [0, 0.1) is 0 Å². The summed E-state index contributed by atoms with van der Waals surface area (Å²) >= 11 is 0. The van der Waals surface area contributed by atoms with Gasteiger partial charge in [0.1, 0.15) is 0 Å². The monoisotopic (exact) mass is 203 g/mol. The molecule has 1 aliphatic carbocycles. The summed E-state index contributed by atoms with van der Waals surface area (Å²) in [4.78, 5) is 0. The van der Waals surface area contributed by atoms with Crippen LogP contribution in [-0.2, 0) is 0 Å². The maximum atomic E-state index is 9.67. The Morgan fingerprint density at radius 2 is 1.93 bits per heavy atom. The highest BCUT2D eigenvalue weighted by Crippen LogP contribution is 2.19. The highest BCUT2D eigenvalue weighted by molar-refractivity contribution is 4.83. The highest BCUT2D eigenvalue weighted by Gasteiger charge is 2.26. The zero-order valence-corrected chi connectivity index (χ0v) is 8.69. The number of hydrogen-bond donors (Lipinski definition) is 4. The summed E-state index contributed by atoms with van der Waals surface area (Å²) in [6, 6.07) is -0.303. The molecule has 0 aromatic heterocycles. The molecular weight excluding hydrogens is 182 g/mol. The van der Waals surface area contributed by atoms with Gasteiger partial charge in [-0.05, 0) is 19.3 Å². The molecule has 1 saturated carbocycles. The van der Waals surface area contributed by atoms with E-state index in [1.165, 1.54) is 0 Å². The molecule has 84 valence electrons. The van der Waals surface area contributed by atoms with Crippen LogP contribution in [0.4, 0.5) is 0 Å². The fourth-order valence-electron chi connectivity index (χ4n) is 2.00. The normalized spacial score (nSPS) is 30.6. The van der Waals surface area contributed by atoms with Crippen LogP contribution in [0.5, 0.6) is 0 Å². The predicted octanol–water partition coefficient (Wildman–Crippen LogP) is -0.0312. The molecule has 3 atom stereocenters. The van der Waals surface area contributed by atoms with Crippen molar-refractivity contribution in [2.75, 3.05) is 0 Å². The van der Waals surface area contributed by atoms with Gasteiger partial charge >= 0.3 is 0 Å². The molecule has 1 aliphatic rings. The largest absolute Gasteiger partial charge is 0.392 e. The van der Waals surface area contributed by atoms with Gasteiger partial charge in [-0.15, -0.1) is 0 Å². The minimum atomic E-state index is -1.34. The van der Waals surface area contributed by atoms with E-state index < -0.39 is 6.29 Å². The summed E-state index contributed by atoms with van der Waals surface area (Å²) in [7, 11) is 0. The Bertz CT molecular complexity index is 163. The zero-order valence-electron chi connectivity index (χ0n) is 8.69. The highest BCUT2D eigenvalue weighted by atomic mass is 16.5. The van der Waals surface area contributed by atoms with Crippen molar-refractivity contribution in [3.8, 4) is 0 Å².